The number of carbonyl (C=O) groups is 1. The van der Waals surface area contributed by atoms with Crippen molar-refractivity contribution in [2.24, 2.45) is 0 Å². The lowest BCUT2D eigenvalue weighted by Gasteiger charge is -2.18. The fourth-order valence-electron chi connectivity index (χ4n) is 2.50. The van der Waals surface area contributed by atoms with E-state index in [4.69, 9.17) is 17.0 Å². The number of benzene rings is 1. The molecule has 22 heavy (non-hydrogen) atoms. The first-order valence-corrected chi connectivity index (χ1v) is 9.63. The predicted octanol–water partition coefficient (Wildman–Crippen LogP) is 3.79. The molecule has 6 heteroatoms. The monoisotopic (exact) mass is 351 g/mol. The molecule has 2 fully saturated rings. The first-order chi connectivity index (χ1) is 10.7. The van der Waals surface area contributed by atoms with Crippen LogP contribution in [0.3, 0.4) is 0 Å². The highest BCUT2D eigenvalue weighted by Crippen LogP contribution is 2.33. The summed E-state index contributed by atoms with van der Waals surface area (Å²) in [6.07, 6.45) is 6.16. The molecule has 0 bridgehead atoms. The zero-order valence-electron chi connectivity index (χ0n) is 12.3. The van der Waals surface area contributed by atoms with Crippen molar-refractivity contribution in [3.05, 3.63) is 34.7 Å². The van der Waals surface area contributed by atoms with Crippen LogP contribution in [0.15, 0.2) is 34.1 Å². The maximum absolute atomic E-state index is 12.5. The third kappa shape index (κ3) is 3.56. The Labute approximate surface area is 144 Å². The van der Waals surface area contributed by atoms with Gasteiger partial charge >= 0.3 is 0 Å². The maximum atomic E-state index is 12.5. The quantitative estimate of drug-likeness (QED) is 0.468. The summed E-state index contributed by atoms with van der Waals surface area (Å²) in [5.74, 6) is -0.000516. The van der Waals surface area contributed by atoms with Crippen LogP contribution in [0, 0.1) is 0 Å². The highest BCUT2D eigenvalue weighted by Gasteiger charge is 2.34. The first-order valence-electron chi connectivity index (χ1n) is 7.18. The Morgan fingerprint density at radius 2 is 2.23 bits per heavy atom. The van der Waals surface area contributed by atoms with E-state index < -0.39 is 0 Å². The molecule has 0 N–H and O–H groups in total. The maximum Gasteiger partial charge on any atom is 0.266 e. The lowest BCUT2D eigenvalue weighted by molar-refractivity contribution is -0.123. The van der Waals surface area contributed by atoms with Crippen LogP contribution in [0.2, 0.25) is 0 Å². The van der Waals surface area contributed by atoms with Crippen LogP contribution in [0.4, 0.5) is 0 Å². The molecule has 2 aliphatic heterocycles. The molecule has 0 aliphatic carbocycles. The molecular weight excluding hydrogens is 334 g/mol. The Morgan fingerprint density at radius 3 is 2.86 bits per heavy atom. The van der Waals surface area contributed by atoms with Gasteiger partial charge in [0.1, 0.15) is 4.32 Å². The van der Waals surface area contributed by atoms with Gasteiger partial charge in [0.25, 0.3) is 5.91 Å². The fraction of sp³-hybridized carbons (Fsp3) is 0.375. The molecule has 0 radical (unpaired) electrons. The summed E-state index contributed by atoms with van der Waals surface area (Å²) in [5.41, 5.74) is 1.02. The molecule has 1 atom stereocenters. The number of carbonyl (C=O) groups excluding carboxylic acids is 1. The molecule has 1 amide bonds. The van der Waals surface area contributed by atoms with Gasteiger partial charge in [0.15, 0.2) is 0 Å². The smallest absolute Gasteiger partial charge is 0.266 e. The molecule has 3 nitrogen and oxygen atoms in total. The van der Waals surface area contributed by atoms with Crippen molar-refractivity contribution in [2.75, 3.05) is 19.4 Å². The lowest BCUT2D eigenvalue weighted by atomic mass is 10.2. The van der Waals surface area contributed by atoms with Crippen molar-refractivity contribution in [3.8, 4) is 0 Å². The van der Waals surface area contributed by atoms with Crippen LogP contribution in [0.25, 0.3) is 6.08 Å². The van der Waals surface area contributed by atoms with Gasteiger partial charge in [0.2, 0.25) is 0 Å². The number of thiocarbonyl (C=S) groups is 1. The molecule has 2 heterocycles. The van der Waals surface area contributed by atoms with Gasteiger partial charge in [-0.2, -0.15) is 0 Å². The highest BCUT2D eigenvalue weighted by atomic mass is 32.2. The Bertz CT molecular complexity index is 606. The van der Waals surface area contributed by atoms with E-state index in [1.807, 2.05) is 24.5 Å². The van der Waals surface area contributed by atoms with E-state index in [-0.39, 0.29) is 12.0 Å². The molecule has 1 aromatic rings. The van der Waals surface area contributed by atoms with Crippen LogP contribution >= 0.6 is 35.7 Å². The minimum absolute atomic E-state index is 0.000516. The van der Waals surface area contributed by atoms with Crippen molar-refractivity contribution < 1.29 is 9.53 Å². The van der Waals surface area contributed by atoms with E-state index in [1.165, 1.54) is 16.7 Å². The molecule has 1 aromatic carbocycles. The van der Waals surface area contributed by atoms with Gasteiger partial charge in [-0.1, -0.05) is 36.1 Å². The number of nitrogens with zero attached hydrogens (tertiary/aromatic N) is 1. The van der Waals surface area contributed by atoms with Crippen LogP contribution in [0.5, 0.6) is 0 Å². The van der Waals surface area contributed by atoms with E-state index in [0.29, 0.717) is 15.8 Å². The normalized spacial score (nSPS) is 23.8. The summed E-state index contributed by atoms with van der Waals surface area (Å²) in [6.45, 7) is 1.37. The van der Waals surface area contributed by atoms with Crippen LogP contribution in [0.1, 0.15) is 18.4 Å². The van der Waals surface area contributed by atoms with Gasteiger partial charge < -0.3 is 4.74 Å². The van der Waals surface area contributed by atoms with Crippen LogP contribution < -0.4 is 0 Å². The van der Waals surface area contributed by atoms with Gasteiger partial charge in [-0.25, -0.2) is 0 Å². The van der Waals surface area contributed by atoms with Gasteiger partial charge in [0.05, 0.1) is 17.6 Å². The number of ether oxygens (including phenoxy) is 1. The van der Waals surface area contributed by atoms with Crippen molar-refractivity contribution in [1.82, 2.24) is 4.90 Å². The summed E-state index contributed by atoms with van der Waals surface area (Å²) in [5, 5.41) is 0. The van der Waals surface area contributed by atoms with E-state index in [1.54, 1.807) is 16.7 Å². The third-order valence-corrected chi connectivity index (χ3v) is 5.82. The molecule has 116 valence electrons. The Morgan fingerprint density at radius 1 is 1.45 bits per heavy atom. The summed E-state index contributed by atoms with van der Waals surface area (Å²) in [4.78, 5) is 16.1. The lowest BCUT2D eigenvalue weighted by Crippen LogP contribution is -2.35. The molecule has 0 aromatic heterocycles. The van der Waals surface area contributed by atoms with Crippen LogP contribution in [-0.2, 0) is 9.53 Å². The zero-order valence-corrected chi connectivity index (χ0v) is 14.7. The van der Waals surface area contributed by atoms with E-state index >= 15 is 0 Å². The van der Waals surface area contributed by atoms with Gasteiger partial charge in [-0.3, -0.25) is 9.69 Å². The highest BCUT2D eigenvalue weighted by molar-refractivity contribution is 8.26. The van der Waals surface area contributed by atoms with Gasteiger partial charge in [0, 0.05) is 11.5 Å². The largest absolute Gasteiger partial charge is 0.376 e. The standard InChI is InChI=1S/C16H17NO2S3/c1-21-13-6-4-11(5-7-13)9-14-15(18)17(16(20)22-14)10-12-3-2-8-19-12/h4-7,9,12H,2-3,8,10H2,1H3/b14-9-/t12-/m1/s1. The molecule has 0 spiro atoms. The fourth-order valence-corrected chi connectivity index (χ4v) is 4.18. The number of hydrogen-bond acceptors (Lipinski definition) is 5. The molecule has 3 rings (SSSR count). The molecule has 0 unspecified atom stereocenters. The van der Waals surface area contributed by atoms with Gasteiger partial charge in [-0.15, -0.1) is 11.8 Å². The Balaban J connectivity index is 1.72. The Kier molecular flexibility index (Phi) is 5.23. The molecule has 2 aliphatic rings. The summed E-state index contributed by atoms with van der Waals surface area (Å²) in [6, 6.07) is 8.17. The van der Waals surface area contributed by atoms with Gasteiger partial charge in [-0.05, 0) is 42.9 Å². The van der Waals surface area contributed by atoms with E-state index in [9.17, 15) is 4.79 Å². The SMILES string of the molecule is CSc1ccc(/C=C2\SC(=S)N(C[C@H]3CCCO3)C2=O)cc1. The molecule has 2 saturated heterocycles. The van der Waals surface area contributed by atoms with Crippen molar-refractivity contribution in [3.63, 3.8) is 0 Å². The minimum atomic E-state index is -0.000516. The average molecular weight is 352 g/mol. The number of amides is 1. The average Bonchev–Trinajstić information content (AvgIpc) is 3.13. The minimum Gasteiger partial charge on any atom is -0.376 e. The molecular formula is C16H17NO2S3. The second kappa shape index (κ2) is 7.17. The van der Waals surface area contributed by atoms with E-state index in [2.05, 4.69) is 12.1 Å². The van der Waals surface area contributed by atoms with Crippen molar-refractivity contribution in [2.45, 2.75) is 23.8 Å². The number of hydrogen-bond donors (Lipinski definition) is 0. The van der Waals surface area contributed by atoms with Crippen molar-refractivity contribution >= 4 is 52.0 Å². The number of rotatable bonds is 4. The number of thioether (sulfide) groups is 2. The van der Waals surface area contributed by atoms with E-state index in [0.717, 1.165) is 25.0 Å². The topological polar surface area (TPSA) is 29.5 Å². The zero-order chi connectivity index (χ0) is 15.5. The first kappa shape index (κ1) is 16.1. The molecule has 0 saturated carbocycles. The Hall–Kier alpha value is -0.820. The third-order valence-electron chi connectivity index (χ3n) is 3.70. The summed E-state index contributed by atoms with van der Waals surface area (Å²) < 4.78 is 6.24. The summed E-state index contributed by atoms with van der Waals surface area (Å²) >= 11 is 8.43. The second-order valence-electron chi connectivity index (χ2n) is 5.20. The predicted molar refractivity (Wildman–Crippen MR) is 97.1 cm³/mol. The van der Waals surface area contributed by atoms with Crippen molar-refractivity contribution in [1.29, 1.82) is 0 Å². The second-order valence-corrected chi connectivity index (χ2v) is 7.76. The summed E-state index contributed by atoms with van der Waals surface area (Å²) in [7, 11) is 0. The van der Waals surface area contributed by atoms with Crippen LogP contribution in [-0.4, -0.2) is 40.6 Å².